The second-order valence-electron chi connectivity index (χ2n) is 15.4. The van der Waals surface area contributed by atoms with Crippen LogP contribution in [0.2, 0.25) is 0 Å². The van der Waals surface area contributed by atoms with E-state index in [1.54, 1.807) is 7.11 Å². The maximum absolute atomic E-state index is 14.1. The number of carboxylic acid groups (broad SMARTS) is 1. The number of amides is 2. The van der Waals surface area contributed by atoms with Gasteiger partial charge in [0, 0.05) is 57.3 Å². The summed E-state index contributed by atoms with van der Waals surface area (Å²) in [5.41, 5.74) is 2.32. The van der Waals surface area contributed by atoms with Gasteiger partial charge in [-0.15, -0.1) is 0 Å². The van der Waals surface area contributed by atoms with Crippen molar-refractivity contribution in [2.45, 2.75) is 116 Å². The van der Waals surface area contributed by atoms with Gasteiger partial charge in [-0.25, -0.2) is 9.78 Å². The van der Waals surface area contributed by atoms with Crippen LogP contribution in [0.25, 0.3) is 11.0 Å². The van der Waals surface area contributed by atoms with Crippen LogP contribution in [-0.2, 0) is 31.8 Å². The molecule has 2 aliphatic heterocycles. The molecule has 2 aliphatic rings. The molecule has 5 rings (SSSR count). The minimum Gasteiger partial charge on any atom is -0.465 e. The summed E-state index contributed by atoms with van der Waals surface area (Å²) in [6.45, 7) is 16.4. The normalized spacial score (nSPS) is 19.9. The van der Waals surface area contributed by atoms with Gasteiger partial charge in [0.25, 0.3) is 0 Å². The largest absolute Gasteiger partial charge is 0.494 e. The Morgan fingerprint density at radius 2 is 1.75 bits per heavy atom. The van der Waals surface area contributed by atoms with Crippen molar-refractivity contribution < 1.29 is 28.7 Å². The number of methoxy groups -OCH3 is 1. The molecule has 3 heterocycles. The van der Waals surface area contributed by atoms with Gasteiger partial charge in [-0.1, -0.05) is 36.4 Å². The molecule has 0 spiro atoms. The summed E-state index contributed by atoms with van der Waals surface area (Å²) in [5, 5.41) is 10.4. The van der Waals surface area contributed by atoms with E-state index in [0.29, 0.717) is 26.1 Å². The SMILES string of the molecule is COCCCn1c([C@@H]2CCCN(C(=O)C[C@@H](Cc3ccc(B4OC(C)(C)C(C)(C)O4)cc3)N(C(=O)O)C(C)(C)C)C2)nc2ccccc21. The number of piperidine rings is 1. The molecular formula is C37H53BN4O6. The van der Waals surface area contributed by atoms with Gasteiger partial charge in [-0.2, -0.15) is 0 Å². The van der Waals surface area contributed by atoms with Gasteiger partial charge in [0.05, 0.1) is 22.2 Å². The number of ether oxygens (including phenoxy) is 1. The van der Waals surface area contributed by atoms with Crippen molar-refractivity contribution in [3.63, 3.8) is 0 Å². The first kappa shape index (κ1) is 35.9. The number of para-hydroxylation sites is 2. The average Bonchev–Trinajstić information content (AvgIpc) is 3.49. The van der Waals surface area contributed by atoms with Gasteiger partial charge in [-0.3, -0.25) is 9.69 Å². The smallest absolute Gasteiger partial charge is 0.465 e. The number of imidazole rings is 1. The zero-order valence-electron chi connectivity index (χ0n) is 30.0. The number of aromatic nitrogens is 2. The molecule has 260 valence electrons. The number of hydrogen-bond donors (Lipinski definition) is 1. The second kappa shape index (κ2) is 14.2. The lowest BCUT2D eigenvalue weighted by molar-refractivity contribution is -0.134. The fraction of sp³-hybridized carbons (Fsp3) is 0.595. The van der Waals surface area contributed by atoms with Crippen LogP contribution in [0.1, 0.15) is 91.5 Å². The molecule has 1 N–H and O–H groups in total. The Kier molecular flexibility index (Phi) is 10.6. The van der Waals surface area contributed by atoms with E-state index in [9.17, 15) is 14.7 Å². The summed E-state index contributed by atoms with van der Waals surface area (Å²) in [5.74, 6) is 1.07. The number of nitrogens with zero attached hydrogens (tertiary/aromatic N) is 4. The Morgan fingerprint density at radius 1 is 1.08 bits per heavy atom. The number of carbonyl (C=O) groups excluding carboxylic acids is 1. The zero-order valence-corrected chi connectivity index (χ0v) is 30.0. The molecule has 0 aliphatic carbocycles. The van der Waals surface area contributed by atoms with E-state index in [-0.39, 0.29) is 18.2 Å². The Hall–Kier alpha value is -3.41. The average molecular weight is 661 g/mol. The molecular weight excluding hydrogens is 607 g/mol. The molecule has 2 aromatic carbocycles. The topological polar surface area (TPSA) is 106 Å². The Bertz CT molecular complexity index is 1560. The Labute approximate surface area is 285 Å². The van der Waals surface area contributed by atoms with Gasteiger partial charge in [0.1, 0.15) is 5.82 Å². The van der Waals surface area contributed by atoms with E-state index in [1.165, 1.54) is 4.90 Å². The maximum atomic E-state index is 14.1. The van der Waals surface area contributed by atoms with Crippen molar-refractivity contribution in [1.29, 1.82) is 0 Å². The van der Waals surface area contributed by atoms with E-state index >= 15 is 0 Å². The third-order valence-electron chi connectivity index (χ3n) is 10.2. The first-order valence-corrected chi connectivity index (χ1v) is 17.3. The molecule has 10 nitrogen and oxygen atoms in total. The lowest BCUT2D eigenvalue weighted by Gasteiger charge is -2.41. The predicted octanol–water partition coefficient (Wildman–Crippen LogP) is 5.86. The van der Waals surface area contributed by atoms with E-state index in [1.807, 2.05) is 95.8 Å². The van der Waals surface area contributed by atoms with Gasteiger partial charge in [0.2, 0.25) is 5.91 Å². The van der Waals surface area contributed by atoms with Crippen molar-refractivity contribution in [3.8, 4) is 0 Å². The molecule has 2 atom stereocenters. The first-order valence-electron chi connectivity index (χ1n) is 17.3. The van der Waals surface area contributed by atoms with E-state index < -0.39 is 36.0 Å². The maximum Gasteiger partial charge on any atom is 0.494 e. The highest BCUT2D eigenvalue weighted by molar-refractivity contribution is 6.62. The summed E-state index contributed by atoms with van der Waals surface area (Å²) >= 11 is 0. The molecule has 11 heteroatoms. The van der Waals surface area contributed by atoms with Crippen LogP contribution in [0.3, 0.4) is 0 Å². The van der Waals surface area contributed by atoms with Gasteiger partial charge >= 0.3 is 13.2 Å². The lowest BCUT2D eigenvalue weighted by atomic mass is 9.78. The van der Waals surface area contributed by atoms with Gasteiger partial charge in [0.15, 0.2) is 0 Å². The van der Waals surface area contributed by atoms with E-state index in [0.717, 1.165) is 53.7 Å². The molecule has 2 saturated heterocycles. The monoisotopic (exact) mass is 660 g/mol. The summed E-state index contributed by atoms with van der Waals surface area (Å²) in [4.78, 5) is 35.2. The van der Waals surface area contributed by atoms with Crippen LogP contribution >= 0.6 is 0 Å². The molecule has 2 amide bonds. The predicted molar refractivity (Wildman–Crippen MR) is 189 cm³/mol. The van der Waals surface area contributed by atoms with E-state index in [4.69, 9.17) is 19.0 Å². The van der Waals surface area contributed by atoms with Crippen LogP contribution in [0.15, 0.2) is 48.5 Å². The van der Waals surface area contributed by atoms with Crippen LogP contribution in [0, 0.1) is 0 Å². The number of carbonyl (C=O) groups is 2. The van der Waals surface area contributed by atoms with Crippen molar-refractivity contribution in [3.05, 3.63) is 59.9 Å². The third kappa shape index (κ3) is 7.74. The van der Waals surface area contributed by atoms with Crippen molar-refractivity contribution in [2.24, 2.45) is 0 Å². The molecule has 0 bridgehead atoms. The van der Waals surface area contributed by atoms with Crippen LogP contribution in [-0.4, -0.2) is 93.2 Å². The second-order valence-corrected chi connectivity index (χ2v) is 15.4. The molecule has 2 fully saturated rings. The van der Waals surface area contributed by atoms with Crippen molar-refractivity contribution in [1.82, 2.24) is 19.4 Å². The standard InChI is InChI=1S/C37H53BN4O6/c1-35(2,3)42(34(44)45)29(23-26-16-18-28(19-17-26)38-47-36(4,5)37(6,7)48-38)24-32(43)40-20-11-13-27(25-40)33-39-30-14-9-10-15-31(30)41(33)21-12-22-46-8/h9-10,14-19,27,29H,11-13,20-25H2,1-8H3,(H,44,45)/t27-,29-/m1/s1. The van der Waals surface area contributed by atoms with Crippen LogP contribution in [0.5, 0.6) is 0 Å². The highest BCUT2D eigenvalue weighted by Gasteiger charge is 2.51. The van der Waals surface area contributed by atoms with Crippen LogP contribution in [0.4, 0.5) is 4.79 Å². The Morgan fingerprint density at radius 3 is 2.38 bits per heavy atom. The zero-order chi connectivity index (χ0) is 34.9. The summed E-state index contributed by atoms with van der Waals surface area (Å²) in [6, 6.07) is 15.6. The molecule has 1 aromatic heterocycles. The number of benzene rings is 2. The Balaban J connectivity index is 1.34. The minimum atomic E-state index is -1.03. The molecule has 48 heavy (non-hydrogen) atoms. The highest BCUT2D eigenvalue weighted by atomic mass is 16.7. The minimum absolute atomic E-state index is 0.0314. The number of likely N-dealkylation sites (tertiary alicyclic amines) is 1. The summed E-state index contributed by atoms with van der Waals surface area (Å²) in [7, 11) is 1.23. The van der Waals surface area contributed by atoms with Crippen molar-refractivity contribution in [2.75, 3.05) is 26.8 Å². The van der Waals surface area contributed by atoms with Gasteiger partial charge < -0.3 is 28.6 Å². The fourth-order valence-corrected chi connectivity index (χ4v) is 7.06. The molecule has 0 unspecified atom stereocenters. The number of aryl methyl sites for hydroxylation is 1. The highest BCUT2D eigenvalue weighted by Crippen LogP contribution is 2.36. The summed E-state index contributed by atoms with van der Waals surface area (Å²) < 4.78 is 20.1. The number of fused-ring (bicyclic) bond motifs is 1. The van der Waals surface area contributed by atoms with Crippen LogP contribution < -0.4 is 5.46 Å². The number of rotatable bonds is 11. The molecule has 0 radical (unpaired) electrons. The third-order valence-corrected chi connectivity index (χ3v) is 10.2. The number of hydrogen-bond acceptors (Lipinski definition) is 6. The van der Waals surface area contributed by atoms with Crippen molar-refractivity contribution >= 4 is 35.6 Å². The quantitative estimate of drug-likeness (QED) is 0.203. The fourth-order valence-electron chi connectivity index (χ4n) is 7.06. The van der Waals surface area contributed by atoms with E-state index in [2.05, 4.69) is 10.6 Å². The molecule has 0 saturated carbocycles. The summed E-state index contributed by atoms with van der Waals surface area (Å²) in [6.07, 6.45) is 2.15. The van der Waals surface area contributed by atoms with Gasteiger partial charge in [-0.05, 0) is 97.3 Å². The lowest BCUT2D eigenvalue weighted by Crippen LogP contribution is -2.54. The first-order chi connectivity index (χ1) is 22.6. The molecule has 3 aromatic rings.